The van der Waals surface area contributed by atoms with Crippen LogP contribution in [0, 0.1) is 0 Å². The summed E-state index contributed by atoms with van der Waals surface area (Å²) in [5.74, 6) is 0. The van der Waals surface area contributed by atoms with Crippen LogP contribution >= 0.6 is 33.6 Å². The molecule has 0 rings (SSSR count). The molecule has 0 unspecified atom stereocenters. The van der Waals surface area contributed by atoms with Gasteiger partial charge in [0.25, 0.3) is 0 Å². The van der Waals surface area contributed by atoms with E-state index in [1.807, 2.05) is 0 Å². The van der Waals surface area contributed by atoms with Crippen LogP contribution in [0.5, 0.6) is 0 Å². The van der Waals surface area contributed by atoms with Crippen molar-refractivity contribution in [2.75, 3.05) is 0 Å². The first-order chi connectivity index (χ1) is 6.79. The van der Waals surface area contributed by atoms with Gasteiger partial charge in [-0.25, -0.2) is 0 Å². The zero-order valence-corrected chi connectivity index (χ0v) is 15.9. The van der Waals surface area contributed by atoms with Crippen LogP contribution in [0.1, 0.15) is 62.3 Å². The first-order valence-electron chi connectivity index (χ1n) is 5.82. The van der Waals surface area contributed by atoms with E-state index in [2.05, 4.69) is 95.9 Å². The van der Waals surface area contributed by atoms with Gasteiger partial charge in [0, 0.05) is 14.2 Å². The number of hydrogen-bond donors (Lipinski definition) is 0. The van der Waals surface area contributed by atoms with Gasteiger partial charge in [-0.2, -0.15) is 33.6 Å². The Balaban J connectivity index is 4.53. The molecule has 0 saturated carbocycles. The van der Waals surface area contributed by atoms with Gasteiger partial charge in [-0.1, -0.05) is 62.3 Å². The van der Waals surface area contributed by atoms with Gasteiger partial charge in [-0.05, 0) is 0 Å². The van der Waals surface area contributed by atoms with Gasteiger partial charge in [0.15, 0.2) is 0 Å². The SMILES string of the molecule is CC(C)(C)S[SiH](SC(C)(C)C)SC(C)(C)C. The molecule has 4 heteroatoms. The predicted molar refractivity (Wildman–Crippen MR) is 89.2 cm³/mol. The Morgan fingerprint density at radius 1 is 0.500 bits per heavy atom. The van der Waals surface area contributed by atoms with Gasteiger partial charge in [0.05, 0.1) is 0 Å². The largest absolute Gasteiger partial charge is 0.223 e. The summed E-state index contributed by atoms with van der Waals surface area (Å²) in [6.07, 6.45) is -0.859. The van der Waals surface area contributed by atoms with Crippen molar-refractivity contribution in [3.05, 3.63) is 0 Å². The fraction of sp³-hybridized carbons (Fsp3) is 1.00. The molecule has 0 nitrogen and oxygen atoms in total. The van der Waals surface area contributed by atoms with Crippen LogP contribution in [0.25, 0.3) is 0 Å². The molecule has 0 spiro atoms. The Morgan fingerprint density at radius 3 is 0.812 bits per heavy atom. The van der Waals surface area contributed by atoms with Crippen molar-refractivity contribution >= 4 is 39.9 Å². The van der Waals surface area contributed by atoms with Crippen LogP contribution in [0.15, 0.2) is 0 Å². The second-order valence-electron chi connectivity index (χ2n) is 6.98. The van der Waals surface area contributed by atoms with E-state index in [9.17, 15) is 0 Å². The molecule has 0 N–H and O–H groups in total. The van der Waals surface area contributed by atoms with Crippen molar-refractivity contribution in [2.45, 2.75) is 76.6 Å². The summed E-state index contributed by atoms with van der Waals surface area (Å²) in [7, 11) is 0. The van der Waals surface area contributed by atoms with Crippen LogP contribution in [0.2, 0.25) is 0 Å². The maximum absolute atomic E-state index is 2.34. The average molecular weight is 297 g/mol. The molecule has 0 aromatic heterocycles. The minimum atomic E-state index is -0.859. The third kappa shape index (κ3) is 11.7. The van der Waals surface area contributed by atoms with Crippen LogP contribution in [-0.2, 0) is 0 Å². The van der Waals surface area contributed by atoms with Crippen molar-refractivity contribution in [1.29, 1.82) is 0 Å². The van der Waals surface area contributed by atoms with Crippen molar-refractivity contribution in [3.63, 3.8) is 0 Å². The third-order valence-corrected chi connectivity index (χ3v) is 17.3. The first-order valence-corrected chi connectivity index (χ1v) is 12.7. The fourth-order valence-corrected chi connectivity index (χ4v) is 25.3. The molecule has 0 atom stereocenters. The van der Waals surface area contributed by atoms with E-state index in [0.717, 1.165) is 0 Å². The van der Waals surface area contributed by atoms with E-state index in [4.69, 9.17) is 0 Å². The topological polar surface area (TPSA) is 0 Å². The first kappa shape index (κ1) is 17.3. The molecule has 0 aliphatic carbocycles. The molecule has 0 fully saturated rings. The summed E-state index contributed by atoms with van der Waals surface area (Å²) < 4.78 is 1.19. The molecule has 0 heterocycles. The van der Waals surface area contributed by atoms with E-state index in [1.165, 1.54) is 0 Å². The summed E-state index contributed by atoms with van der Waals surface area (Å²) in [6, 6.07) is 0. The zero-order chi connectivity index (χ0) is 13.2. The molecule has 0 bridgehead atoms. The van der Waals surface area contributed by atoms with Crippen molar-refractivity contribution in [2.24, 2.45) is 0 Å². The fourth-order valence-electron chi connectivity index (χ4n) is 0.938. The minimum absolute atomic E-state index is 0.396. The van der Waals surface area contributed by atoms with E-state index < -0.39 is 6.25 Å². The van der Waals surface area contributed by atoms with Gasteiger partial charge in [0.1, 0.15) is 0 Å². The van der Waals surface area contributed by atoms with E-state index in [1.54, 1.807) is 0 Å². The number of rotatable bonds is 3. The van der Waals surface area contributed by atoms with Crippen LogP contribution in [0.3, 0.4) is 0 Å². The van der Waals surface area contributed by atoms with Gasteiger partial charge < -0.3 is 0 Å². The normalized spacial score (nSPS) is 14.6. The zero-order valence-electron chi connectivity index (χ0n) is 12.3. The Bertz CT molecular complexity index is 170. The molecule has 16 heavy (non-hydrogen) atoms. The molecule has 0 amide bonds. The molecule has 98 valence electrons. The Kier molecular flexibility index (Phi) is 6.41. The molecule has 0 aliphatic rings. The van der Waals surface area contributed by atoms with Crippen molar-refractivity contribution in [1.82, 2.24) is 0 Å². The molecule has 0 radical (unpaired) electrons. The molecule has 0 aromatic rings. The van der Waals surface area contributed by atoms with Crippen LogP contribution in [-0.4, -0.2) is 20.5 Å². The van der Waals surface area contributed by atoms with Crippen molar-refractivity contribution < 1.29 is 0 Å². The summed E-state index contributed by atoms with van der Waals surface area (Å²) in [5, 5.41) is 0. The highest BCUT2D eigenvalue weighted by molar-refractivity contribution is 8.77. The Labute approximate surface area is 116 Å². The van der Waals surface area contributed by atoms with Gasteiger partial charge >= 0.3 is 0 Å². The Morgan fingerprint density at radius 2 is 0.688 bits per heavy atom. The average Bonchev–Trinajstić information content (AvgIpc) is 1.70. The summed E-state index contributed by atoms with van der Waals surface area (Å²) >= 11 is 6.66. The van der Waals surface area contributed by atoms with Gasteiger partial charge in [0.2, 0.25) is 6.25 Å². The summed E-state index contributed by atoms with van der Waals surface area (Å²) in [6.45, 7) is 21.0. The van der Waals surface area contributed by atoms with E-state index in [0.29, 0.717) is 14.2 Å². The smallest absolute Gasteiger partial charge is 0.159 e. The van der Waals surface area contributed by atoms with Gasteiger partial charge in [-0.3, -0.25) is 0 Å². The molecular weight excluding hydrogens is 268 g/mol. The molecule has 0 aromatic carbocycles. The van der Waals surface area contributed by atoms with Crippen LogP contribution < -0.4 is 0 Å². The van der Waals surface area contributed by atoms with E-state index in [-0.39, 0.29) is 0 Å². The lowest BCUT2D eigenvalue weighted by atomic mass is 10.3. The maximum Gasteiger partial charge on any atom is 0.223 e. The highest BCUT2D eigenvalue weighted by Gasteiger charge is 2.30. The molecular formula is C12H28S3Si. The third-order valence-electron chi connectivity index (χ3n) is 1.35. The summed E-state index contributed by atoms with van der Waals surface area (Å²) in [4.78, 5) is 0. The second kappa shape index (κ2) is 5.94. The summed E-state index contributed by atoms with van der Waals surface area (Å²) in [5.41, 5.74) is 0. The minimum Gasteiger partial charge on any atom is -0.159 e. The highest BCUT2D eigenvalue weighted by atomic mass is 32.8. The highest BCUT2D eigenvalue weighted by Crippen LogP contribution is 2.46. The molecule has 0 aliphatic heterocycles. The lowest BCUT2D eigenvalue weighted by Gasteiger charge is -2.32. The number of hydrogen-bond acceptors (Lipinski definition) is 3. The molecule has 0 saturated heterocycles. The quantitative estimate of drug-likeness (QED) is 0.649. The lowest BCUT2D eigenvalue weighted by molar-refractivity contribution is 0.806. The maximum atomic E-state index is 2.34. The van der Waals surface area contributed by atoms with Crippen molar-refractivity contribution in [3.8, 4) is 0 Å². The lowest BCUT2D eigenvalue weighted by Crippen LogP contribution is -2.24. The second-order valence-corrected chi connectivity index (χ2v) is 21.0. The predicted octanol–water partition coefficient (Wildman–Crippen LogP) is 5.30. The monoisotopic (exact) mass is 296 g/mol. The van der Waals surface area contributed by atoms with Gasteiger partial charge in [-0.15, -0.1) is 0 Å². The van der Waals surface area contributed by atoms with E-state index >= 15 is 0 Å². The van der Waals surface area contributed by atoms with Crippen LogP contribution in [0.4, 0.5) is 0 Å². The Hall–Kier alpha value is 1.27. The standard InChI is InChI=1S/C12H28S3Si/c1-10(2,3)13-16(14-11(4,5)6)15-12(7,8)9/h16H,1-9H3.